The second-order valence-electron chi connectivity index (χ2n) is 2.73. The van der Waals surface area contributed by atoms with Crippen molar-refractivity contribution in [3.8, 4) is 0 Å². The van der Waals surface area contributed by atoms with E-state index in [2.05, 4.69) is 15.5 Å². The Labute approximate surface area is 77.3 Å². The van der Waals surface area contributed by atoms with Gasteiger partial charge < -0.3 is 10.5 Å². The Morgan fingerprint density at radius 3 is 3.00 bits per heavy atom. The molecule has 2 N–H and O–H groups in total. The van der Waals surface area contributed by atoms with E-state index in [0.29, 0.717) is 18.0 Å². The fourth-order valence-corrected chi connectivity index (χ4v) is 1.01. The van der Waals surface area contributed by atoms with Crippen molar-refractivity contribution in [2.24, 2.45) is 5.16 Å². The van der Waals surface area contributed by atoms with Crippen LogP contribution in [0.3, 0.4) is 0 Å². The van der Waals surface area contributed by atoms with Crippen molar-refractivity contribution >= 4 is 5.71 Å². The molecular formula is C9H13N3O. The summed E-state index contributed by atoms with van der Waals surface area (Å²) in [4.78, 5) is 4.28. The maximum atomic E-state index is 8.54. The Balaban J connectivity index is 2.91. The van der Waals surface area contributed by atoms with Crippen LogP contribution in [0.4, 0.5) is 0 Å². The van der Waals surface area contributed by atoms with E-state index in [9.17, 15) is 0 Å². The van der Waals surface area contributed by atoms with Gasteiger partial charge in [0, 0.05) is 6.54 Å². The van der Waals surface area contributed by atoms with Gasteiger partial charge in [0.15, 0.2) is 0 Å². The molecule has 0 aromatic carbocycles. The molecule has 4 nitrogen and oxygen atoms in total. The van der Waals surface area contributed by atoms with Gasteiger partial charge in [0.1, 0.15) is 5.71 Å². The van der Waals surface area contributed by atoms with Crippen molar-refractivity contribution in [1.82, 2.24) is 10.3 Å². The maximum absolute atomic E-state index is 8.54. The predicted molar refractivity (Wildman–Crippen MR) is 51.0 cm³/mol. The number of nitrogens with zero attached hydrogens (tertiary/aromatic N) is 2. The van der Waals surface area contributed by atoms with Crippen LogP contribution in [-0.4, -0.2) is 23.0 Å². The molecule has 0 fully saturated rings. The molecule has 0 saturated heterocycles. The lowest BCUT2D eigenvalue weighted by atomic mass is 10.2. The van der Waals surface area contributed by atoms with Crippen molar-refractivity contribution < 1.29 is 5.21 Å². The molecule has 0 aliphatic heterocycles. The van der Waals surface area contributed by atoms with Crippen LogP contribution in [0.15, 0.2) is 23.4 Å². The highest BCUT2D eigenvalue weighted by atomic mass is 16.4. The van der Waals surface area contributed by atoms with Gasteiger partial charge in [0.2, 0.25) is 0 Å². The molecule has 13 heavy (non-hydrogen) atoms. The summed E-state index contributed by atoms with van der Waals surface area (Å²) in [6.07, 6.45) is 0. The highest BCUT2D eigenvalue weighted by Crippen LogP contribution is 2.00. The Morgan fingerprint density at radius 2 is 2.38 bits per heavy atom. The third kappa shape index (κ3) is 2.52. The van der Waals surface area contributed by atoms with E-state index in [1.54, 1.807) is 6.92 Å². The predicted octanol–water partition coefficient (Wildman–Crippen LogP) is 0.999. The van der Waals surface area contributed by atoms with Gasteiger partial charge in [-0.1, -0.05) is 11.2 Å². The number of hydrogen-bond donors (Lipinski definition) is 2. The smallest absolute Gasteiger partial charge is 0.102 e. The van der Waals surface area contributed by atoms with Crippen molar-refractivity contribution in [3.63, 3.8) is 0 Å². The quantitative estimate of drug-likeness (QED) is 0.413. The van der Waals surface area contributed by atoms with Crippen LogP contribution in [0.5, 0.6) is 0 Å². The summed E-state index contributed by atoms with van der Waals surface area (Å²) >= 11 is 0. The van der Waals surface area contributed by atoms with Crippen LogP contribution in [0, 0.1) is 0 Å². The minimum Gasteiger partial charge on any atom is -0.411 e. The van der Waals surface area contributed by atoms with Gasteiger partial charge in [0.05, 0.1) is 11.4 Å². The molecule has 0 spiro atoms. The van der Waals surface area contributed by atoms with Gasteiger partial charge in [-0.2, -0.15) is 0 Å². The molecule has 1 heterocycles. The monoisotopic (exact) mass is 179 g/mol. The van der Waals surface area contributed by atoms with E-state index in [1.165, 1.54) is 0 Å². The Morgan fingerprint density at radius 1 is 1.62 bits per heavy atom. The second kappa shape index (κ2) is 4.57. The molecule has 0 bridgehead atoms. The normalized spacial score (nSPS) is 11.7. The summed E-state index contributed by atoms with van der Waals surface area (Å²) in [7, 11) is 1.86. The summed E-state index contributed by atoms with van der Waals surface area (Å²) in [6.45, 7) is 2.43. The minimum absolute atomic E-state index is 0.526. The topological polar surface area (TPSA) is 57.5 Å². The van der Waals surface area contributed by atoms with Crippen molar-refractivity contribution in [3.05, 3.63) is 29.6 Å². The SMILES string of the molecule is CNCc1cccc(C(C)=NO)n1. The van der Waals surface area contributed by atoms with Crippen molar-refractivity contribution in [2.45, 2.75) is 13.5 Å². The zero-order valence-corrected chi connectivity index (χ0v) is 7.78. The summed E-state index contributed by atoms with van der Waals surface area (Å²) in [5.74, 6) is 0. The minimum atomic E-state index is 0.526. The fourth-order valence-electron chi connectivity index (χ4n) is 1.01. The van der Waals surface area contributed by atoms with Crippen LogP contribution in [0.2, 0.25) is 0 Å². The first-order valence-electron chi connectivity index (χ1n) is 4.07. The van der Waals surface area contributed by atoms with Gasteiger partial charge >= 0.3 is 0 Å². The average molecular weight is 179 g/mol. The fraction of sp³-hybridized carbons (Fsp3) is 0.333. The van der Waals surface area contributed by atoms with Crippen LogP contribution < -0.4 is 5.32 Å². The molecule has 0 atom stereocenters. The lowest BCUT2D eigenvalue weighted by Crippen LogP contribution is -2.09. The largest absolute Gasteiger partial charge is 0.411 e. The number of pyridine rings is 1. The summed E-state index contributed by atoms with van der Waals surface area (Å²) in [5.41, 5.74) is 2.16. The number of rotatable bonds is 3. The lowest BCUT2D eigenvalue weighted by Gasteiger charge is -2.01. The van der Waals surface area contributed by atoms with E-state index in [4.69, 9.17) is 5.21 Å². The molecule has 0 amide bonds. The Hall–Kier alpha value is -1.42. The molecule has 0 radical (unpaired) electrons. The van der Waals surface area contributed by atoms with Crippen molar-refractivity contribution in [2.75, 3.05) is 7.05 Å². The lowest BCUT2D eigenvalue weighted by molar-refractivity contribution is 0.319. The average Bonchev–Trinajstić information content (AvgIpc) is 2.18. The van der Waals surface area contributed by atoms with E-state index < -0.39 is 0 Å². The number of nitrogens with one attached hydrogen (secondary N) is 1. The number of aromatic nitrogens is 1. The molecule has 1 aromatic heterocycles. The molecule has 0 unspecified atom stereocenters. The van der Waals surface area contributed by atoms with Gasteiger partial charge in [0.25, 0.3) is 0 Å². The summed E-state index contributed by atoms with van der Waals surface area (Å²) < 4.78 is 0. The molecule has 1 rings (SSSR count). The van der Waals surface area contributed by atoms with Gasteiger partial charge in [-0.15, -0.1) is 0 Å². The van der Waals surface area contributed by atoms with E-state index in [-0.39, 0.29) is 0 Å². The summed E-state index contributed by atoms with van der Waals surface area (Å²) in [5, 5.41) is 14.6. The molecule has 0 aliphatic carbocycles. The van der Waals surface area contributed by atoms with Crippen LogP contribution in [0.1, 0.15) is 18.3 Å². The molecule has 70 valence electrons. The Kier molecular flexibility index (Phi) is 3.40. The van der Waals surface area contributed by atoms with Crippen LogP contribution in [0.25, 0.3) is 0 Å². The molecule has 4 heteroatoms. The maximum Gasteiger partial charge on any atom is 0.102 e. The van der Waals surface area contributed by atoms with Gasteiger partial charge in [-0.3, -0.25) is 4.98 Å². The third-order valence-electron chi connectivity index (χ3n) is 1.69. The van der Waals surface area contributed by atoms with Gasteiger partial charge in [-0.05, 0) is 26.1 Å². The van der Waals surface area contributed by atoms with Crippen LogP contribution >= 0.6 is 0 Å². The van der Waals surface area contributed by atoms with E-state index >= 15 is 0 Å². The highest BCUT2D eigenvalue weighted by molar-refractivity contribution is 5.96. The molecular weight excluding hydrogens is 166 g/mol. The third-order valence-corrected chi connectivity index (χ3v) is 1.69. The first-order chi connectivity index (χ1) is 6.27. The number of oxime groups is 1. The van der Waals surface area contributed by atoms with E-state index in [1.807, 2.05) is 25.2 Å². The van der Waals surface area contributed by atoms with Crippen LogP contribution in [-0.2, 0) is 6.54 Å². The first-order valence-corrected chi connectivity index (χ1v) is 4.07. The zero-order chi connectivity index (χ0) is 9.68. The van der Waals surface area contributed by atoms with Gasteiger partial charge in [-0.25, -0.2) is 0 Å². The Bertz CT molecular complexity index is 309. The van der Waals surface area contributed by atoms with Crippen molar-refractivity contribution in [1.29, 1.82) is 0 Å². The zero-order valence-electron chi connectivity index (χ0n) is 7.78. The second-order valence-corrected chi connectivity index (χ2v) is 2.73. The molecule has 0 saturated carbocycles. The van der Waals surface area contributed by atoms with E-state index in [0.717, 1.165) is 5.69 Å². The highest BCUT2D eigenvalue weighted by Gasteiger charge is 2.00. The summed E-state index contributed by atoms with van der Waals surface area (Å²) in [6, 6.07) is 5.63. The molecule has 0 aliphatic rings. The standard InChI is InChI=1S/C9H13N3O/c1-7(12-13)9-5-3-4-8(11-9)6-10-2/h3-5,10,13H,6H2,1-2H3. The number of hydrogen-bond acceptors (Lipinski definition) is 4. The first kappa shape index (κ1) is 9.67. The molecule has 1 aromatic rings.